The maximum Gasteiger partial charge on any atom is 0.344 e. The van der Waals surface area contributed by atoms with Gasteiger partial charge in [-0.3, -0.25) is 0 Å². The standard InChI is InChI=1S/C14H18INO4/c1-2-18-14(17)12-11(15)6-7-16-13(12)20-9-10-5-3-4-8-19-10/h6-7,10H,2-5,8-9H2,1H3. The van der Waals surface area contributed by atoms with Crippen LogP contribution in [-0.4, -0.2) is 36.9 Å². The Bertz CT molecular complexity index is 460. The SMILES string of the molecule is CCOC(=O)c1c(I)ccnc1OCC1CCCCO1. The highest BCUT2D eigenvalue weighted by Gasteiger charge is 2.21. The molecule has 0 amide bonds. The van der Waals surface area contributed by atoms with E-state index >= 15 is 0 Å². The van der Waals surface area contributed by atoms with Gasteiger partial charge in [0, 0.05) is 16.4 Å². The van der Waals surface area contributed by atoms with Gasteiger partial charge in [0.15, 0.2) is 0 Å². The van der Waals surface area contributed by atoms with E-state index in [1.165, 1.54) is 0 Å². The van der Waals surface area contributed by atoms with E-state index < -0.39 is 5.97 Å². The van der Waals surface area contributed by atoms with Crippen molar-refractivity contribution in [2.24, 2.45) is 0 Å². The molecule has 1 unspecified atom stereocenters. The van der Waals surface area contributed by atoms with Crippen LogP contribution in [0.3, 0.4) is 0 Å². The summed E-state index contributed by atoms with van der Waals surface area (Å²) in [5, 5.41) is 0. The first-order valence-corrected chi connectivity index (χ1v) is 7.86. The molecule has 1 aliphatic rings. The lowest BCUT2D eigenvalue weighted by atomic mass is 10.1. The van der Waals surface area contributed by atoms with Gasteiger partial charge in [-0.15, -0.1) is 0 Å². The molecule has 1 saturated heterocycles. The molecule has 0 saturated carbocycles. The minimum atomic E-state index is -0.399. The highest BCUT2D eigenvalue weighted by Crippen LogP contribution is 2.23. The molecule has 20 heavy (non-hydrogen) atoms. The Balaban J connectivity index is 2.06. The average Bonchev–Trinajstić information content (AvgIpc) is 2.46. The van der Waals surface area contributed by atoms with Gasteiger partial charge in [-0.25, -0.2) is 9.78 Å². The lowest BCUT2D eigenvalue weighted by molar-refractivity contribution is -0.0123. The Morgan fingerprint density at radius 1 is 1.55 bits per heavy atom. The molecule has 110 valence electrons. The topological polar surface area (TPSA) is 57.7 Å². The van der Waals surface area contributed by atoms with E-state index in [1.807, 2.05) is 0 Å². The third-order valence-electron chi connectivity index (χ3n) is 3.02. The highest BCUT2D eigenvalue weighted by atomic mass is 127. The molecule has 0 aliphatic carbocycles. The predicted molar refractivity (Wildman–Crippen MR) is 82.0 cm³/mol. The smallest absolute Gasteiger partial charge is 0.344 e. The molecule has 6 heteroatoms. The lowest BCUT2D eigenvalue weighted by Crippen LogP contribution is -2.26. The zero-order chi connectivity index (χ0) is 14.4. The lowest BCUT2D eigenvalue weighted by Gasteiger charge is -2.22. The summed E-state index contributed by atoms with van der Waals surface area (Å²) in [5.41, 5.74) is 0.394. The number of carbonyl (C=O) groups is 1. The van der Waals surface area contributed by atoms with Crippen LogP contribution in [0, 0.1) is 3.57 Å². The highest BCUT2D eigenvalue weighted by molar-refractivity contribution is 14.1. The zero-order valence-corrected chi connectivity index (χ0v) is 13.6. The molecular formula is C14H18INO4. The van der Waals surface area contributed by atoms with Crippen molar-refractivity contribution in [2.45, 2.75) is 32.3 Å². The number of carbonyl (C=O) groups excluding carboxylic acids is 1. The summed E-state index contributed by atoms with van der Waals surface area (Å²) in [6.45, 7) is 3.30. The largest absolute Gasteiger partial charge is 0.474 e. The van der Waals surface area contributed by atoms with Crippen LogP contribution in [-0.2, 0) is 9.47 Å². The number of hydrogen-bond acceptors (Lipinski definition) is 5. The first-order valence-electron chi connectivity index (χ1n) is 6.78. The van der Waals surface area contributed by atoms with Crippen LogP contribution in [0.1, 0.15) is 36.5 Å². The predicted octanol–water partition coefficient (Wildman–Crippen LogP) is 2.81. The molecule has 1 fully saturated rings. The van der Waals surface area contributed by atoms with Gasteiger partial charge >= 0.3 is 5.97 Å². The van der Waals surface area contributed by atoms with Crippen molar-refractivity contribution in [2.75, 3.05) is 19.8 Å². The van der Waals surface area contributed by atoms with Crippen LogP contribution in [0.4, 0.5) is 0 Å². The van der Waals surface area contributed by atoms with Gasteiger partial charge in [0.05, 0.1) is 12.7 Å². The number of ether oxygens (including phenoxy) is 3. The van der Waals surface area contributed by atoms with Gasteiger partial charge in [0.25, 0.3) is 0 Å². The summed E-state index contributed by atoms with van der Waals surface area (Å²) in [6.07, 6.45) is 4.95. The molecule has 5 nitrogen and oxygen atoms in total. The minimum absolute atomic E-state index is 0.0819. The summed E-state index contributed by atoms with van der Waals surface area (Å²) in [4.78, 5) is 16.1. The maximum absolute atomic E-state index is 12.0. The Morgan fingerprint density at radius 2 is 2.40 bits per heavy atom. The van der Waals surface area contributed by atoms with Gasteiger partial charge < -0.3 is 14.2 Å². The number of hydrogen-bond donors (Lipinski definition) is 0. The van der Waals surface area contributed by atoms with E-state index in [4.69, 9.17) is 14.2 Å². The third kappa shape index (κ3) is 4.05. The summed E-state index contributed by atoms with van der Waals surface area (Å²) in [7, 11) is 0. The van der Waals surface area contributed by atoms with Crippen LogP contribution in [0.5, 0.6) is 5.88 Å². The van der Waals surface area contributed by atoms with Gasteiger partial charge in [-0.2, -0.15) is 0 Å². The second-order valence-corrected chi connectivity index (χ2v) is 5.66. The second kappa shape index (κ2) is 7.78. The zero-order valence-electron chi connectivity index (χ0n) is 11.4. The molecule has 0 aromatic carbocycles. The molecule has 2 rings (SSSR count). The molecular weight excluding hydrogens is 373 g/mol. The monoisotopic (exact) mass is 391 g/mol. The van der Waals surface area contributed by atoms with Crippen molar-refractivity contribution in [1.82, 2.24) is 4.98 Å². The summed E-state index contributed by atoms with van der Waals surface area (Å²) < 4.78 is 17.1. The van der Waals surface area contributed by atoms with Gasteiger partial charge in [-0.05, 0) is 54.8 Å². The molecule has 1 aromatic rings. The fraction of sp³-hybridized carbons (Fsp3) is 0.571. The van der Waals surface area contributed by atoms with Crippen LogP contribution in [0.15, 0.2) is 12.3 Å². The number of halogens is 1. The van der Waals surface area contributed by atoms with Gasteiger partial charge in [-0.1, -0.05) is 0 Å². The third-order valence-corrected chi connectivity index (χ3v) is 3.92. The van der Waals surface area contributed by atoms with Crippen LogP contribution in [0.2, 0.25) is 0 Å². The van der Waals surface area contributed by atoms with E-state index in [9.17, 15) is 4.79 Å². The minimum Gasteiger partial charge on any atom is -0.474 e. The average molecular weight is 391 g/mol. The van der Waals surface area contributed by atoms with Crippen molar-refractivity contribution in [3.05, 3.63) is 21.4 Å². The van der Waals surface area contributed by atoms with E-state index in [1.54, 1.807) is 19.2 Å². The Labute approximate surface area is 132 Å². The van der Waals surface area contributed by atoms with Gasteiger partial charge in [0.2, 0.25) is 5.88 Å². The first-order chi connectivity index (χ1) is 9.72. The number of pyridine rings is 1. The molecule has 1 atom stereocenters. The van der Waals surface area contributed by atoms with E-state index in [0.29, 0.717) is 24.7 Å². The van der Waals surface area contributed by atoms with Gasteiger partial charge in [0.1, 0.15) is 12.2 Å². The summed E-state index contributed by atoms with van der Waals surface area (Å²) >= 11 is 2.08. The second-order valence-electron chi connectivity index (χ2n) is 4.49. The molecule has 1 aromatic heterocycles. The number of esters is 1. The van der Waals surface area contributed by atoms with Crippen molar-refractivity contribution in [3.63, 3.8) is 0 Å². The first kappa shape index (κ1) is 15.5. The normalized spacial score (nSPS) is 18.6. The van der Waals surface area contributed by atoms with Crippen molar-refractivity contribution >= 4 is 28.6 Å². The Kier molecular flexibility index (Phi) is 6.03. The van der Waals surface area contributed by atoms with Crippen LogP contribution in [0.25, 0.3) is 0 Å². The van der Waals surface area contributed by atoms with Crippen LogP contribution >= 0.6 is 22.6 Å². The fourth-order valence-corrected chi connectivity index (χ4v) is 2.64. The number of rotatable bonds is 5. The van der Waals surface area contributed by atoms with Crippen molar-refractivity contribution in [3.8, 4) is 5.88 Å². The summed E-state index contributed by atoms with van der Waals surface area (Å²) in [6, 6.07) is 1.76. The number of nitrogens with zero attached hydrogens (tertiary/aromatic N) is 1. The molecule has 0 spiro atoms. The molecule has 0 N–H and O–H groups in total. The van der Waals surface area contributed by atoms with E-state index in [0.717, 1.165) is 29.4 Å². The fourth-order valence-electron chi connectivity index (χ4n) is 2.03. The van der Waals surface area contributed by atoms with Crippen molar-refractivity contribution in [1.29, 1.82) is 0 Å². The summed E-state index contributed by atoms with van der Waals surface area (Å²) in [5.74, 6) is -0.0749. The van der Waals surface area contributed by atoms with Crippen molar-refractivity contribution < 1.29 is 19.0 Å². The van der Waals surface area contributed by atoms with Crippen LogP contribution < -0.4 is 4.74 Å². The molecule has 2 heterocycles. The molecule has 0 bridgehead atoms. The van der Waals surface area contributed by atoms with E-state index in [2.05, 4.69) is 27.6 Å². The molecule has 0 radical (unpaired) electrons. The quantitative estimate of drug-likeness (QED) is 0.571. The molecule has 1 aliphatic heterocycles. The Morgan fingerprint density at radius 3 is 3.10 bits per heavy atom. The maximum atomic E-state index is 12.0. The Hall–Kier alpha value is -0.890. The number of aromatic nitrogens is 1. The van der Waals surface area contributed by atoms with E-state index in [-0.39, 0.29) is 6.10 Å².